The van der Waals surface area contributed by atoms with E-state index in [0.717, 1.165) is 29.2 Å². The maximum Gasteiger partial charge on any atom is 0.158 e. The van der Waals surface area contributed by atoms with E-state index in [4.69, 9.17) is 0 Å². The van der Waals surface area contributed by atoms with Gasteiger partial charge in [0.05, 0.1) is 0 Å². The quantitative estimate of drug-likeness (QED) is 0.602. The van der Waals surface area contributed by atoms with Gasteiger partial charge in [-0.3, -0.25) is 4.79 Å². The molecule has 0 saturated carbocycles. The Balaban J connectivity index is 1.43. The number of nitrogens with one attached hydrogen (secondary N) is 2. The summed E-state index contributed by atoms with van der Waals surface area (Å²) < 4.78 is 0. The molecule has 0 aromatic heterocycles. The van der Waals surface area contributed by atoms with Crippen molar-refractivity contribution in [3.8, 4) is 0 Å². The van der Waals surface area contributed by atoms with Crippen LogP contribution in [-0.4, -0.2) is 5.78 Å². The van der Waals surface area contributed by atoms with Crippen LogP contribution in [0.5, 0.6) is 0 Å². The number of rotatable bonds is 5. The summed E-state index contributed by atoms with van der Waals surface area (Å²) in [7, 11) is 0. The molecule has 3 aromatic carbocycles. The first-order chi connectivity index (χ1) is 13.3. The number of carbonyl (C=O) groups excluding carboxylic acids is 1. The molecule has 4 rings (SSSR count). The monoisotopic (exact) mass is 354 g/mol. The molecule has 0 fully saturated rings. The summed E-state index contributed by atoms with van der Waals surface area (Å²) >= 11 is 0. The first-order valence-electron chi connectivity index (χ1n) is 9.24. The first kappa shape index (κ1) is 17.1. The van der Waals surface area contributed by atoms with Gasteiger partial charge in [0.15, 0.2) is 5.78 Å². The Hall–Kier alpha value is -3.33. The van der Waals surface area contributed by atoms with E-state index in [1.54, 1.807) is 6.08 Å². The Bertz CT molecular complexity index is 931. The van der Waals surface area contributed by atoms with Gasteiger partial charge in [-0.15, -0.1) is 0 Å². The number of anilines is 3. The van der Waals surface area contributed by atoms with Crippen LogP contribution in [0.3, 0.4) is 0 Å². The minimum Gasteiger partial charge on any atom is -0.359 e. The van der Waals surface area contributed by atoms with Crippen LogP contribution in [-0.2, 0) is 4.79 Å². The molecular formula is C24H22N2O. The van der Waals surface area contributed by atoms with Crippen molar-refractivity contribution in [2.24, 2.45) is 0 Å². The second kappa shape index (κ2) is 7.92. The van der Waals surface area contributed by atoms with E-state index in [1.807, 2.05) is 72.8 Å². The lowest BCUT2D eigenvalue weighted by atomic mass is 9.85. The highest BCUT2D eigenvalue weighted by Gasteiger charge is 2.22. The lowest BCUT2D eigenvalue weighted by Gasteiger charge is -2.23. The van der Waals surface area contributed by atoms with Gasteiger partial charge < -0.3 is 10.6 Å². The van der Waals surface area contributed by atoms with E-state index in [2.05, 4.69) is 22.8 Å². The number of hydrogen-bond acceptors (Lipinski definition) is 3. The van der Waals surface area contributed by atoms with Gasteiger partial charge in [-0.05, 0) is 54.3 Å². The van der Waals surface area contributed by atoms with Gasteiger partial charge in [0.1, 0.15) is 0 Å². The summed E-state index contributed by atoms with van der Waals surface area (Å²) in [5, 5.41) is 6.79. The fourth-order valence-corrected chi connectivity index (χ4v) is 3.45. The van der Waals surface area contributed by atoms with Gasteiger partial charge in [-0.1, -0.05) is 48.5 Å². The van der Waals surface area contributed by atoms with Crippen molar-refractivity contribution in [3.63, 3.8) is 0 Å². The standard InChI is InChI=1S/C24H22N2O/c27-24-16-19(18-7-3-1-4-8-18)15-23(17-24)26-22-13-11-21(12-14-22)25-20-9-5-2-6-10-20/h1-14,17,19,25-26H,15-16H2/t19-/m0/s1. The highest BCUT2D eigenvalue weighted by atomic mass is 16.1. The maximum absolute atomic E-state index is 12.2. The molecule has 3 aromatic rings. The van der Waals surface area contributed by atoms with Crippen molar-refractivity contribution in [1.82, 2.24) is 0 Å². The third-order valence-electron chi connectivity index (χ3n) is 4.77. The number of hydrogen-bond donors (Lipinski definition) is 2. The normalized spacial score (nSPS) is 16.5. The third-order valence-corrected chi connectivity index (χ3v) is 4.77. The van der Waals surface area contributed by atoms with Crippen LogP contribution in [0.25, 0.3) is 0 Å². The Labute approximate surface area is 159 Å². The second-order valence-electron chi connectivity index (χ2n) is 6.85. The molecule has 0 aliphatic heterocycles. The van der Waals surface area contributed by atoms with Crippen LogP contribution >= 0.6 is 0 Å². The molecule has 0 radical (unpaired) electrons. The summed E-state index contributed by atoms with van der Waals surface area (Å²) in [4.78, 5) is 12.2. The molecule has 3 heteroatoms. The molecule has 0 spiro atoms. The smallest absolute Gasteiger partial charge is 0.158 e. The van der Waals surface area contributed by atoms with E-state index in [1.165, 1.54) is 5.56 Å². The zero-order valence-electron chi connectivity index (χ0n) is 15.1. The summed E-state index contributed by atoms with van der Waals surface area (Å²) in [5.41, 5.74) is 5.28. The fourth-order valence-electron chi connectivity index (χ4n) is 3.45. The number of benzene rings is 3. The molecule has 27 heavy (non-hydrogen) atoms. The van der Waals surface area contributed by atoms with E-state index in [0.29, 0.717) is 6.42 Å². The molecule has 0 saturated heterocycles. The average Bonchev–Trinajstić information content (AvgIpc) is 2.71. The van der Waals surface area contributed by atoms with E-state index < -0.39 is 0 Å². The molecule has 1 aliphatic rings. The number of para-hydroxylation sites is 1. The maximum atomic E-state index is 12.2. The largest absolute Gasteiger partial charge is 0.359 e. The lowest BCUT2D eigenvalue weighted by molar-refractivity contribution is -0.115. The predicted molar refractivity (Wildman–Crippen MR) is 111 cm³/mol. The van der Waals surface area contributed by atoms with Gasteiger partial charge in [0.2, 0.25) is 0 Å². The van der Waals surface area contributed by atoms with Gasteiger partial charge in [0, 0.05) is 35.3 Å². The minimum atomic E-state index is 0.181. The summed E-state index contributed by atoms with van der Waals surface area (Å²) in [6.45, 7) is 0. The molecular weight excluding hydrogens is 332 g/mol. The fraction of sp³-hybridized carbons (Fsp3) is 0.125. The SMILES string of the molecule is O=C1C=C(Nc2ccc(Nc3ccccc3)cc2)C[C@H](c2ccccc2)C1. The molecule has 1 atom stereocenters. The highest BCUT2D eigenvalue weighted by molar-refractivity contribution is 5.92. The van der Waals surface area contributed by atoms with Crippen molar-refractivity contribution in [1.29, 1.82) is 0 Å². The zero-order valence-corrected chi connectivity index (χ0v) is 15.1. The third kappa shape index (κ3) is 4.45. The molecule has 0 heterocycles. The van der Waals surface area contributed by atoms with Crippen molar-refractivity contribution in [2.45, 2.75) is 18.8 Å². The minimum absolute atomic E-state index is 0.181. The van der Waals surface area contributed by atoms with E-state index in [-0.39, 0.29) is 11.7 Å². The van der Waals surface area contributed by atoms with Crippen LogP contribution in [0.4, 0.5) is 17.1 Å². The van der Waals surface area contributed by atoms with Gasteiger partial charge >= 0.3 is 0 Å². The van der Waals surface area contributed by atoms with Crippen LogP contribution in [0.2, 0.25) is 0 Å². The summed E-state index contributed by atoms with van der Waals surface area (Å²) in [5.74, 6) is 0.421. The van der Waals surface area contributed by atoms with E-state index in [9.17, 15) is 4.79 Å². The second-order valence-corrected chi connectivity index (χ2v) is 6.85. The highest BCUT2D eigenvalue weighted by Crippen LogP contribution is 2.32. The molecule has 2 N–H and O–H groups in total. The number of allylic oxidation sites excluding steroid dienone is 2. The van der Waals surface area contributed by atoms with Gasteiger partial charge in [-0.2, -0.15) is 0 Å². The Morgan fingerprint density at radius 3 is 1.85 bits per heavy atom. The van der Waals surface area contributed by atoms with Crippen molar-refractivity contribution in [2.75, 3.05) is 10.6 Å². The molecule has 3 nitrogen and oxygen atoms in total. The van der Waals surface area contributed by atoms with Crippen LogP contribution in [0.15, 0.2) is 96.7 Å². The average molecular weight is 354 g/mol. The van der Waals surface area contributed by atoms with Gasteiger partial charge in [-0.25, -0.2) is 0 Å². The van der Waals surface area contributed by atoms with E-state index >= 15 is 0 Å². The Morgan fingerprint density at radius 2 is 1.19 bits per heavy atom. The lowest BCUT2D eigenvalue weighted by Crippen LogP contribution is -2.16. The predicted octanol–water partition coefficient (Wildman–Crippen LogP) is 5.87. The van der Waals surface area contributed by atoms with Gasteiger partial charge in [0.25, 0.3) is 0 Å². The van der Waals surface area contributed by atoms with Crippen LogP contribution < -0.4 is 10.6 Å². The number of ketones is 1. The molecule has 134 valence electrons. The Kier molecular flexibility index (Phi) is 5.01. The number of carbonyl (C=O) groups is 1. The van der Waals surface area contributed by atoms with Crippen molar-refractivity contribution < 1.29 is 4.79 Å². The molecule has 0 unspecified atom stereocenters. The topological polar surface area (TPSA) is 41.1 Å². The zero-order chi connectivity index (χ0) is 18.5. The molecule has 0 amide bonds. The first-order valence-corrected chi connectivity index (χ1v) is 9.24. The summed E-state index contributed by atoms with van der Waals surface area (Å²) in [6.07, 6.45) is 3.17. The Morgan fingerprint density at radius 1 is 0.630 bits per heavy atom. The summed E-state index contributed by atoms with van der Waals surface area (Å²) in [6, 6.07) is 28.5. The molecule has 0 bridgehead atoms. The van der Waals surface area contributed by atoms with Crippen molar-refractivity contribution >= 4 is 22.8 Å². The van der Waals surface area contributed by atoms with Crippen LogP contribution in [0.1, 0.15) is 24.3 Å². The molecule has 1 aliphatic carbocycles. The van der Waals surface area contributed by atoms with Crippen molar-refractivity contribution in [3.05, 3.63) is 102 Å². The van der Waals surface area contributed by atoms with Crippen LogP contribution in [0, 0.1) is 0 Å².